The Kier molecular flexibility index (Phi) is 5.92. The maximum Gasteiger partial charge on any atom is 0.325 e. The zero-order valence-corrected chi connectivity index (χ0v) is 21.2. The lowest BCUT2D eigenvalue weighted by Gasteiger charge is -2.30. The lowest BCUT2D eigenvalue weighted by molar-refractivity contribution is -0.141. The number of nitrogens with zero attached hydrogens (tertiary/aromatic N) is 2. The second-order valence-electron chi connectivity index (χ2n) is 10.4. The van der Waals surface area contributed by atoms with Crippen LogP contribution < -0.4 is 20.7 Å². The molecule has 6 rings (SSSR count). The smallest absolute Gasteiger partial charge is 0.325 e. The van der Waals surface area contributed by atoms with Crippen LogP contribution in [0.5, 0.6) is 5.75 Å². The van der Waals surface area contributed by atoms with Crippen LogP contribution in [0.1, 0.15) is 36.0 Å². The van der Waals surface area contributed by atoms with Crippen molar-refractivity contribution in [3.05, 3.63) is 58.7 Å². The monoisotopic (exact) mass is 539 g/mol. The first kappa shape index (κ1) is 25.1. The van der Waals surface area contributed by atoms with Crippen LogP contribution in [-0.4, -0.2) is 59.9 Å². The summed E-state index contributed by atoms with van der Waals surface area (Å²) in [6.07, 6.45) is 2.40. The van der Waals surface area contributed by atoms with Gasteiger partial charge in [-0.15, -0.1) is 0 Å². The fourth-order valence-corrected chi connectivity index (χ4v) is 5.83. The van der Waals surface area contributed by atoms with E-state index in [-0.39, 0.29) is 37.2 Å². The molecule has 12 heteroatoms. The first-order chi connectivity index (χ1) is 18.7. The average Bonchev–Trinajstić information content (AvgIpc) is 3.68. The SMILES string of the molecule is CNC(=O)Nc1cc2c(cc1F)C1(CC2)NC(=O)N(CC(=O)N2Cc3cc(F)ccc3OC[C@H]2C2CC2)C1=O. The number of hydrogen-bond acceptors (Lipinski definition) is 5. The molecule has 3 N–H and O–H groups in total. The van der Waals surface area contributed by atoms with Gasteiger partial charge in [0.1, 0.15) is 36.1 Å². The molecule has 6 amide bonds. The number of carbonyl (C=O) groups is 4. The minimum absolute atomic E-state index is 0.0415. The van der Waals surface area contributed by atoms with Gasteiger partial charge in [0.25, 0.3) is 5.91 Å². The van der Waals surface area contributed by atoms with Crippen molar-refractivity contribution >= 4 is 29.6 Å². The van der Waals surface area contributed by atoms with E-state index in [4.69, 9.17) is 4.74 Å². The normalized spacial score (nSPS) is 23.6. The first-order valence-corrected chi connectivity index (χ1v) is 12.9. The molecule has 1 saturated heterocycles. The summed E-state index contributed by atoms with van der Waals surface area (Å²) in [5.41, 5.74) is -0.102. The van der Waals surface area contributed by atoms with E-state index < -0.39 is 47.6 Å². The molecule has 0 aromatic heterocycles. The highest BCUT2D eigenvalue weighted by molar-refractivity contribution is 6.10. The number of benzene rings is 2. The third kappa shape index (κ3) is 4.23. The molecule has 1 saturated carbocycles. The fourth-order valence-electron chi connectivity index (χ4n) is 5.83. The van der Waals surface area contributed by atoms with Gasteiger partial charge in [-0.3, -0.25) is 14.5 Å². The van der Waals surface area contributed by atoms with Crippen LogP contribution in [0.4, 0.5) is 24.1 Å². The van der Waals surface area contributed by atoms with Gasteiger partial charge in [0.05, 0.1) is 11.7 Å². The van der Waals surface area contributed by atoms with Crippen LogP contribution in [0.3, 0.4) is 0 Å². The van der Waals surface area contributed by atoms with Gasteiger partial charge in [0.2, 0.25) is 5.91 Å². The quantitative estimate of drug-likeness (QED) is 0.516. The van der Waals surface area contributed by atoms with Crippen molar-refractivity contribution in [2.45, 2.75) is 43.8 Å². The molecule has 0 bridgehead atoms. The molecule has 39 heavy (non-hydrogen) atoms. The van der Waals surface area contributed by atoms with Crippen molar-refractivity contribution in [2.75, 3.05) is 25.5 Å². The van der Waals surface area contributed by atoms with Gasteiger partial charge in [0.15, 0.2) is 0 Å². The molecule has 2 aromatic rings. The van der Waals surface area contributed by atoms with Gasteiger partial charge < -0.3 is 25.6 Å². The third-order valence-corrected chi connectivity index (χ3v) is 8.03. The molecular weight excluding hydrogens is 512 g/mol. The number of anilines is 1. The Balaban J connectivity index is 1.25. The molecule has 204 valence electrons. The van der Waals surface area contributed by atoms with Crippen LogP contribution >= 0.6 is 0 Å². The molecule has 1 spiro atoms. The van der Waals surface area contributed by atoms with Crippen LogP contribution in [0.2, 0.25) is 0 Å². The van der Waals surface area contributed by atoms with Gasteiger partial charge in [-0.25, -0.2) is 18.4 Å². The number of nitrogens with one attached hydrogen (secondary N) is 3. The summed E-state index contributed by atoms with van der Waals surface area (Å²) in [6.45, 7) is -0.177. The zero-order chi connectivity index (χ0) is 27.5. The molecule has 2 aliphatic carbocycles. The van der Waals surface area contributed by atoms with E-state index in [1.54, 1.807) is 4.90 Å². The average molecular weight is 540 g/mol. The summed E-state index contributed by atoms with van der Waals surface area (Å²) in [5, 5.41) is 7.45. The predicted octanol–water partition coefficient (Wildman–Crippen LogP) is 2.61. The maximum atomic E-state index is 14.9. The molecular formula is C27H27F2N5O5. The largest absolute Gasteiger partial charge is 0.491 e. The van der Waals surface area contributed by atoms with Gasteiger partial charge in [-0.2, -0.15) is 0 Å². The van der Waals surface area contributed by atoms with E-state index >= 15 is 0 Å². The second-order valence-corrected chi connectivity index (χ2v) is 10.4. The first-order valence-electron chi connectivity index (χ1n) is 12.9. The van der Waals surface area contributed by atoms with E-state index in [1.165, 1.54) is 31.3 Å². The molecule has 1 unspecified atom stereocenters. The Morgan fingerprint density at radius 1 is 1.15 bits per heavy atom. The molecule has 0 radical (unpaired) electrons. The minimum Gasteiger partial charge on any atom is -0.491 e. The van der Waals surface area contributed by atoms with E-state index in [1.807, 2.05) is 0 Å². The number of urea groups is 2. The van der Waals surface area contributed by atoms with E-state index in [9.17, 15) is 28.0 Å². The van der Waals surface area contributed by atoms with Crippen LogP contribution in [0, 0.1) is 17.6 Å². The van der Waals surface area contributed by atoms with Gasteiger partial charge in [0, 0.05) is 19.2 Å². The van der Waals surface area contributed by atoms with E-state index in [0.717, 1.165) is 23.8 Å². The highest BCUT2D eigenvalue weighted by atomic mass is 19.1. The van der Waals surface area contributed by atoms with Crippen molar-refractivity contribution in [3.63, 3.8) is 0 Å². The lowest BCUT2D eigenvalue weighted by Crippen LogP contribution is -2.49. The van der Waals surface area contributed by atoms with E-state index in [2.05, 4.69) is 16.0 Å². The summed E-state index contributed by atoms with van der Waals surface area (Å²) in [6, 6.07) is 5.17. The van der Waals surface area contributed by atoms with Crippen molar-refractivity contribution in [3.8, 4) is 5.75 Å². The van der Waals surface area contributed by atoms with Crippen molar-refractivity contribution in [2.24, 2.45) is 5.92 Å². The van der Waals surface area contributed by atoms with Crippen molar-refractivity contribution < 1.29 is 32.7 Å². The van der Waals surface area contributed by atoms with Gasteiger partial charge >= 0.3 is 12.1 Å². The number of aryl methyl sites for hydroxylation is 1. The van der Waals surface area contributed by atoms with Crippen LogP contribution in [0.25, 0.3) is 0 Å². The number of fused-ring (bicyclic) bond motifs is 3. The number of hydrogen-bond donors (Lipinski definition) is 3. The molecule has 10 nitrogen and oxygen atoms in total. The summed E-state index contributed by atoms with van der Waals surface area (Å²) >= 11 is 0. The van der Waals surface area contributed by atoms with Crippen LogP contribution in [-0.2, 0) is 28.1 Å². The number of ether oxygens (including phenoxy) is 1. The fraction of sp³-hybridized carbons (Fsp3) is 0.407. The molecule has 2 aromatic carbocycles. The number of rotatable bonds is 4. The van der Waals surface area contributed by atoms with Gasteiger partial charge in [-0.1, -0.05) is 0 Å². The van der Waals surface area contributed by atoms with Gasteiger partial charge in [-0.05, 0) is 73.1 Å². The minimum atomic E-state index is -1.49. The summed E-state index contributed by atoms with van der Waals surface area (Å²) < 4.78 is 34.7. The zero-order valence-electron chi connectivity index (χ0n) is 21.2. The van der Waals surface area contributed by atoms with Crippen LogP contribution in [0.15, 0.2) is 30.3 Å². The third-order valence-electron chi connectivity index (χ3n) is 8.03. The van der Waals surface area contributed by atoms with E-state index in [0.29, 0.717) is 28.9 Å². The van der Waals surface area contributed by atoms with Crippen molar-refractivity contribution in [1.82, 2.24) is 20.4 Å². The Morgan fingerprint density at radius 2 is 1.95 bits per heavy atom. The molecule has 2 fully saturated rings. The number of amides is 6. The number of carbonyl (C=O) groups excluding carboxylic acids is 4. The molecule has 4 aliphatic rings. The number of imide groups is 1. The highest BCUT2D eigenvalue weighted by Crippen LogP contribution is 2.43. The Hall–Kier alpha value is -4.22. The molecule has 2 atom stereocenters. The lowest BCUT2D eigenvalue weighted by atomic mass is 9.91. The highest BCUT2D eigenvalue weighted by Gasteiger charge is 2.56. The molecule has 2 heterocycles. The molecule has 2 aliphatic heterocycles. The second kappa shape index (κ2) is 9.21. The summed E-state index contributed by atoms with van der Waals surface area (Å²) in [5.74, 6) is -1.57. The Labute approximate surface area is 222 Å². The topological polar surface area (TPSA) is 120 Å². The summed E-state index contributed by atoms with van der Waals surface area (Å²) in [7, 11) is 1.40. The number of halogens is 2. The predicted molar refractivity (Wildman–Crippen MR) is 134 cm³/mol. The standard InChI is InChI=1S/C27H27F2N5O5/c1-30-25(37)31-20-9-15-6-7-27(18(15)10-19(20)29)24(36)34(26(38)32-27)12-23(35)33-11-16-8-17(28)4-5-22(16)39-13-21(33)14-2-3-14/h4-5,8-10,14,21H,2-3,6-7,11-13H2,1H3,(H,32,38)(H2,30,31,37)/t21-,27?/m0/s1. The maximum absolute atomic E-state index is 14.9. The Morgan fingerprint density at radius 3 is 2.69 bits per heavy atom. The summed E-state index contributed by atoms with van der Waals surface area (Å²) in [4.78, 5) is 54.4. The Bertz CT molecular complexity index is 1410. The van der Waals surface area contributed by atoms with Crippen molar-refractivity contribution in [1.29, 1.82) is 0 Å².